The minimum absolute atomic E-state index is 0.0844. The van der Waals surface area contributed by atoms with Crippen LogP contribution in [0.4, 0.5) is 5.69 Å². The molecule has 0 aliphatic heterocycles. The zero-order chi connectivity index (χ0) is 13.5. The van der Waals surface area contributed by atoms with E-state index < -0.39 is 0 Å². The van der Waals surface area contributed by atoms with E-state index in [2.05, 4.69) is 27.8 Å². The molecule has 3 nitrogen and oxygen atoms in total. The summed E-state index contributed by atoms with van der Waals surface area (Å²) >= 11 is 3.40. The van der Waals surface area contributed by atoms with E-state index in [9.17, 15) is 4.79 Å². The quantitative estimate of drug-likeness (QED) is 0.570. The summed E-state index contributed by atoms with van der Waals surface area (Å²) in [6.07, 6.45) is 0. The molecule has 1 aromatic rings. The molecule has 0 aliphatic rings. The third-order valence-electron chi connectivity index (χ3n) is 2.77. The average Bonchev–Trinajstić information content (AvgIpc) is 2.35. The van der Waals surface area contributed by atoms with E-state index in [0.29, 0.717) is 6.61 Å². The molecule has 0 saturated heterocycles. The first-order valence-electron chi connectivity index (χ1n) is 6.23. The summed E-state index contributed by atoms with van der Waals surface area (Å²) in [7, 11) is 0. The molecule has 1 rings (SSSR count). The van der Waals surface area contributed by atoms with Crippen LogP contribution in [0.1, 0.15) is 31.1 Å². The van der Waals surface area contributed by atoms with Crippen molar-refractivity contribution in [2.75, 3.05) is 31.2 Å². The molecule has 0 heterocycles. The fraction of sp³-hybridized carbons (Fsp3) is 0.500. The molecule has 0 fully saturated rings. The van der Waals surface area contributed by atoms with Crippen LogP contribution < -0.4 is 4.90 Å². The second kappa shape index (κ2) is 7.54. The van der Waals surface area contributed by atoms with Gasteiger partial charge in [0.25, 0.3) is 0 Å². The van der Waals surface area contributed by atoms with Gasteiger partial charge in [0.2, 0.25) is 0 Å². The van der Waals surface area contributed by atoms with Crippen molar-refractivity contribution in [1.82, 2.24) is 0 Å². The average molecular weight is 314 g/mol. The monoisotopic (exact) mass is 313 g/mol. The molecular formula is C14H20BrNO2. The van der Waals surface area contributed by atoms with E-state index in [-0.39, 0.29) is 5.78 Å². The van der Waals surface area contributed by atoms with Crippen LogP contribution in [0, 0.1) is 0 Å². The lowest BCUT2D eigenvalue weighted by atomic mass is 10.1. The summed E-state index contributed by atoms with van der Waals surface area (Å²) < 4.78 is 6.30. The van der Waals surface area contributed by atoms with Crippen LogP contribution in [0.25, 0.3) is 0 Å². The summed E-state index contributed by atoms with van der Waals surface area (Å²) in [4.78, 5) is 13.9. The molecule has 0 aromatic heterocycles. The minimum atomic E-state index is 0.0844. The van der Waals surface area contributed by atoms with Crippen molar-refractivity contribution in [2.24, 2.45) is 0 Å². The third-order valence-corrected chi connectivity index (χ3v) is 3.26. The SMILES string of the molecule is CCOCCN(CC)c1ccc(Br)cc1C(C)=O. The maximum Gasteiger partial charge on any atom is 0.161 e. The summed E-state index contributed by atoms with van der Waals surface area (Å²) in [5.74, 6) is 0.0844. The molecule has 0 atom stereocenters. The number of carbonyl (C=O) groups is 1. The zero-order valence-corrected chi connectivity index (χ0v) is 12.8. The van der Waals surface area contributed by atoms with Gasteiger partial charge >= 0.3 is 0 Å². The van der Waals surface area contributed by atoms with Crippen LogP contribution in [0.5, 0.6) is 0 Å². The van der Waals surface area contributed by atoms with Gasteiger partial charge in [0.1, 0.15) is 0 Å². The van der Waals surface area contributed by atoms with Crippen molar-refractivity contribution in [3.05, 3.63) is 28.2 Å². The van der Waals surface area contributed by atoms with E-state index >= 15 is 0 Å². The molecule has 0 spiro atoms. The van der Waals surface area contributed by atoms with Gasteiger partial charge in [-0.1, -0.05) is 15.9 Å². The molecule has 0 unspecified atom stereocenters. The summed E-state index contributed by atoms with van der Waals surface area (Å²) in [6.45, 7) is 8.72. The van der Waals surface area contributed by atoms with Crippen molar-refractivity contribution < 1.29 is 9.53 Å². The number of ketones is 1. The molecule has 0 N–H and O–H groups in total. The first-order valence-corrected chi connectivity index (χ1v) is 7.02. The smallest absolute Gasteiger partial charge is 0.161 e. The first kappa shape index (κ1) is 15.2. The second-order valence-corrected chi connectivity index (χ2v) is 4.91. The summed E-state index contributed by atoms with van der Waals surface area (Å²) in [6, 6.07) is 5.82. The predicted octanol–water partition coefficient (Wildman–Crippen LogP) is 3.51. The predicted molar refractivity (Wildman–Crippen MR) is 78.5 cm³/mol. The molecule has 0 amide bonds. The maximum absolute atomic E-state index is 11.7. The number of hydrogen-bond acceptors (Lipinski definition) is 3. The molecule has 18 heavy (non-hydrogen) atoms. The molecule has 0 aliphatic carbocycles. The number of rotatable bonds is 7. The van der Waals surface area contributed by atoms with Gasteiger partial charge in [-0.3, -0.25) is 4.79 Å². The number of carbonyl (C=O) groups excluding carboxylic acids is 1. The van der Waals surface area contributed by atoms with Gasteiger partial charge in [-0.05, 0) is 39.0 Å². The molecular weight excluding hydrogens is 294 g/mol. The Balaban J connectivity index is 2.93. The van der Waals surface area contributed by atoms with Crippen molar-refractivity contribution in [3.8, 4) is 0 Å². The Hall–Kier alpha value is -0.870. The van der Waals surface area contributed by atoms with Gasteiger partial charge in [0.15, 0.2) is 5.78 Å². The number of likely N-dealkylation sites (N-methyl/N-ethyl adjacent to an activating group) is 1. The van der Waals surface area contributed by atoms with Gasteiger partial charge in [-0.2, -0.15) is 0 Å². The van der Waals surface area contributed by atoms with Crippen LogP contribution in [0.2, 0.25) is 0 Å². The van der Waals surface area contributed by atoms with Crippen LogP contribution in [-0.4, -0.2) is 32.1 Å². The highest BCUT2D eigenvalue weighted by Crippen LogP contribution is 2.25. The van der Waals surface area contributed by atoms with Crippen molar-refractivity contribution in [3.63, 3.8) is 0 Å². The standard InChI is InChI=1S/C14H20BrNO2/c1-4-16(8-9-18-5-2)14-7-6-12(15)10-13(14)11(3)17/h6-7,10H,4-5,8-9H2,1-3H3. The van der Waals surface area contributed by atoms with E-state index in [1.807, 2.05) is 25.1 Å². The van der Waals surface area contributed by atoms with Gasteiger partial charge in [0.05, 0.1) is 6.61 Å². The van der Waals surface area contributed by atoms with Gasteiger partial charge < -0.3 is 9.64 Å². The normalized spacial score (nSPS) is 10.4. The van der Waals surface area contributed by atoms with E-state index in [1.165, 1.54) is 0 Å². The molecule has 0 radical (unpaired) electrons. The third kappa shape index (κ3) is 4.10. The Morgan fingerprint density at radius 2 is 2.11 bits per heavy atom. The lowest BCUT2D eigenvalue weighted by Gasteiger charge is -2.25. The van der Waals surface area contributed by atoms with E-state index in [4.69, 9.17) is 4.74 Å². The fourth-order valence-corrected chi connectivity index (χ4v) is 2.20. The Morgan fingerprint density at radius 1 is 1.39 bits per heavy atom. The maximum atomic E-state index is 11.7. The molecule has 1 aromatic carbocycles. The highest BCUT2D eigenvalue weighted by atomic mass is 79.9. The zero-order valence-electron chi connectivity index (χ0n) is 11.2. The summed E-state index contributed by atoms with van der Waals surface area (Å²) in [5, 5.41) is 0. The Kier molecular flexibility index (Phi) is 6.36. The van der Waals surface area contributed by atoms with Crippen molar-refractivity contribution >= 4 is 27.4 Å². The number of Topliss-reactive ketones (excluding diaryl/α,β-unsaturated/α-hetero) is 1. The highest BCUT2D eigenvalue weighted by molar-refractivity contribution is 9.10. The molecule has 0 saturated carbocycles. The number of ether oxygens (including phenoxy) is 1. The van der Waals surface area contributed by atoms with Gasteiger partial charge in [-0.15, -0.1) is 0 Å². The van der Waals surface area contributed by atoms with E-state index in [0.717, 1.165) is 35.4 Å². The fourth-order valence-electron chi connectivity index (χ4n) is 1.83. The Morgan fingerprint density at radius 3 is 2.67 bits per heavy atom. The lowest BCUT2D eigenvalue weighted by molar-refractivity contribution is 0.101. The molecule has 100 valence electrons. The first-order chi connectivity index (χ1) is 8.60. The molecule has 0 bridgehead atoms. The largest absolute Gasteiger partial charge is 0.380 e. The Labute approximate surface area is 117 Å². The van der Waals surface area contributed by atoms with Crippen LogP contribution in [0.3, 0.4) is 0 Å². The van der Waals surface area contributed by atoms with Gasteiger partial charge in [-0.25, -0.2) is 0 Å². The van der Waals surface area contributed by atoms with Crippen molar-refractivity contribution in [1.29, 1.82) is 0 Å². The second-order valence-electron chi connectivity index (χ2n) is 3.99. The Bertz CT molecular complexity index is 407. The number of hydrogen-bond donors (Lipinski definition) is 0. The van der Waals surface area contributed by atoms with Crippen LogP contribution in [0.15, 0.2) is 22.7 Å². The number of nitrogens with zero attached hydrogens (tertiary/aromatic N) is 1. The number of benzene rings is 1. The highest BCUT2D eigenvalue weighted by Gasteiger charge is 2.13. The van der Waals surface area contributed by atoms with Crippen molar-refractivity contribution in [2.45, 2.75) is 20.8 Å². The van der Waals surface area contributed by atoms with Crippen LogP contribution in [-0.2, 0) is 4.74 Å². The number of halogens is 1. The number of anilines is 1. The molecule has 4 heteroatoms. The topological polar surface area (TPSA) is 29.5 Å². The lowest BCUT2D eigenvalue weighted by Crippen LogP contribution is -2.28. The van der Waals surface area contributed by atoms with E-state index in [1.54, 1.807) is 6.92 Å². The van der Waals surface area contributed by atoms with Crippen LogP contribution >= 0.6 is 15.9 Å². The van der Waals surface area contributed by atoms with Gasteiger partial charge in [0, 0.05) is 35.4 Å². The summed E-state index contributed by atoms with van der Waals surface area (Å²) in [5.41, 5.74) is 1.73. The minimum Gasteiger partial charge on any atom is -0.380 e.